The first kappa shape index (κ1) is 15.1. The van der Waals surface area contributed by atoms with Crippen molar-refractivity contribution in [3.63, 3.8) is 0 Å². The van der Waals surface area contributed by atoms with Crippen molar-refractivity contribution in [2.45, 2.75) is 0 Å². The van der Waals surface area contributed by atoms with Crippen LogP contribution < -0.4 is 4.72 Å². The van der Waals surface area contributed by atoms with Gasteiger partial charge in [-0.2, -0.15) is 12.7 Å². The Morgan fingerprint density at radius 3 is 2.58 bits per heavy atom. The van der Waals surface area contributed by atoms with Gasteiger partial charge in [-0.05, 0) is 24.3 Å². The van der Waals surface area contributed by atoms with E-state index in [1.54, 1.807) is 0 Å². The topological polar surface area (TPSA) is 86.7 Å². The average molecular weight is 288 g/mol. The van der Waals surface area contributed by atoms with Gasteiger partial charge in [0.2, 0.25) is 0 Å². The Morgan fingerprint density at radius 2 is 2.05 bits per heavy atom. The first-order chi connectivity index (χ1) is 8.72. The van der Waals surface area contributed by atoms with E-state index in [1.165, 1.54) is 26.2 Å². The Labute approximate surface area is 110 Å². The maximum atomic E-state index is 13.4. The number of rotatable bonds is 5. The van der Waals surface area contributed by atoms with Crippen LogP contribution in [0.5, 0.6) is 0 Å². The minimum Gasteiger partial charge on any atom is -0.478 e. The molecule has 6 nitrogen and oxygen atoms in total. The molecule has 0 saturated carbocycles. The Morgan fingerprint density at radius 1 is 1.42 bits per heavy atom. The molecule has 104 valence electrons. The molecule has 1 rings (SSSR count). The fourth-order valence-electron chi connectivity index (χ4n) is 1.14. The molecule has 0 aromatic heterocycles. The van der Waals surface area contributed by atoms with Gasteiger partial charge in [0, 0.05) is 25.7 Å². The summed E-state index contributed by atoms with van der Waals surface area (Å²) in [4.78, 5) is 10.4. The summed E-state index contributed by atoms with van der Waals surface area (Å²) in [6.45, 7) is 0. The number of halogens is 1. The number of anilines is 1. The molecule has 2 N–H and O–H groups in total. The summed E-state index contributed by atoms with van der Waals surface area (Å²) in [5.74, 6) is -1.87. The molecule has 0 unspecified atom stereocenters. The number of nitrogens with one attached hydrogen (secondary N) is 1. The second-order valence-corrected chi connectivity index (χ2v) is 5.68. The van der Waals surface area contributed by atoms with E-state index in [0.717, 1.165) is 22.5 Å². The Balaban J connectivity index is 3.07. The van der Waals surface area contributed by atoms with Gasteiger partial charge in [0.25, 0.3) is 0 Å². The lowest BCUT2D eigenvalue weighted by Crippen LogP contribution is -2.28. The summed E-state index contributed by atoms with van der Waals surface area (Å²) >= 11 is 0. The maximum Gasteiger partial charge on any atom is 0.328 e. The molecule has 0 aliphatic carbocycles. The van der Waals surface area contributed by atoms with Crippen molar-refractivity contribution in [3.8, 4) is 0 Å². The number of aliphatic carboxylic acids is 1. The largest absolute Gasteiger partial charge is 0.478 e. The summed E-state index contributed by atoms with van der Waals surface area (Å²) in [7, 11) is -1.00. The van der Waals surface area contributed by atoms with Gasteiger partial charge in [0.15, 0.2) is 0 Å². The van der Waals surface area contributed by atoms with Gasteiger partial charge in [-0.25, -0.2) is 9.18 Å². The number of carboxylic acids is 1. The van der Waals surface area contributed by atoms with E-state index in [-0.39, 0.29) is 11.3 Å². The number of carbonyl (C=O) groups is 1. The van der Waals surface area contributed by atoms with E-state index >= 15 is 0 Å². The summed E-state index contributed by atoms with van der Waals surface area (Å²) in [6, 6.07) is 3.50. The maximum absolute atomic E-state index is 13.4. The van der Waals surface area contributed by atoms with Crippen LogP contribution in [0.25, 0.3) is 6.08 Å². The zero-order valence-electron chi connectivity index (χ0n) is 10.3. The summed E-state index contributed by atoms with van der Waals surface area (Å²) in [6.07, 6.45) is 1.81. The molecule has 1 aromatic carbocycles. The van der Waals surface area contributed by atoms with Gasteiger partial charge in [-0.1, -0.05) is 0 Å². The SMILES string of the molecule is CN(C)S(=O)(=O)Nc1ccc(F)c(/C=C/C(=O)O)c1. The summed E-state index contributed by atoms with van der Waals surface area (Å²) < 4.78 is 39.7. The Bertz CT molecular complexity index is 611. The summed E-state index contributed by atoms with van der Waals surface area (Å²) in [5.41, 5.74) is 0.112. The van der Waals surface area contributed by atoms with Crippen LogP contribution in [-0.4, -0.2) is 37.9 Å². The Kier molecular flexibility index (Phi) is 4.62. The van der Waals surface area contributed by atoms with Gasteiger partial charge in [0.1, 0.15) is 5.82 Å². The molecule has 0 radical (unpaired) electrons. The van der Waals surface area contributed by atoms with Gasteiger partial charge < -0.3 is 5.11 Å². The smallest absolute Gasteiger partial charge is 0.328 e. The number of nitrogens with zero attached hydrogens (tertiary/aromatic N) is 1. The zero-order chi connectivity index (χ0) is 14.6. The highest BCUT2D eigenvalue weighted by Crippen LogP contribution is 2.17. The molecule has 0 amide bonds. The number of hydrogen-bond donors (Lipinski definition) is 2. The van der Waals surface area contributed by atoms with Crippen LogP contribution in [0.3, 0.4) is 0 Å². The molecule has 0 aliphatic heterocycles. The molecule has 0 aliphatic rings. The van der Waals surface area contributed by atoms with E-state index in [9.17, 15) is 17.6 Å². The van der Waals surface area contributed by atoms with Crippen molar-refractivity contribution in [1.82, 2.24) is 4.31 Å². The first-order valence-corrected chi connectivity index (χ1v) is 6.57. The molecule has 0 fully saturated rings. The standard InChI is InChI=1S/C11H13FN2O4S/c1-14(2)19(17,18)13-9-4-5-10(12)8(7-9)3-6-11(15)16/h3-7,13H,1-2H3,(H,15,16)/b6-3+. The van der Waals surface area contributed by atoms with Crippen LogP contribution in [0.4, 0.5) is 10.1 Å². The fourth-order valence-corrected chi connectivity index (χ4v) is 1.74. The van der Waals surface area contributed by atoms with Crippen molar-refractivity contribution >= 4 is 27.9 Å². The lowest BCUT2D eigenvalue weighted by Gasteiger charge is -2.13. The minimum atomic E-state index is -3.69. The summed E-state index contributed by atoms with van der Waals surface area (Å²) in [5, 5.41) is 8.47. The third kappa shape index (κ3) is 4.34. The van der Waals surface area contributed by atoms with Gasteiger partial charge in [-0.3, -0.25) is 4.72 Å². The van der Waals surface area contributed by atoms with Crippen LogP contribution >= 0.6 is 0 Å². The third-order valence-corrected chi connectivity index (χ3v) is 3.58. The van der Waals surface area contributed by atoms with Crippen molar-refractivity contribution in [1.29, 1.82) is 0 Å². The normalized spacial score (nSPS) is 12.0. The highest BCUT2D eigenvalue weighted by molar-refractivity contribution is 7.90. The predicted molar refractivity (Wildman–Crippen MR) is 69.3 cm³/mol. The monoisotopic (exact) mass is 288 g/mol. The van der Waals surface area contributed by atoms with Crippen molar-refractivity contribution in [2.24, 2.45) is 0 Å². The first-order valence-electron chi connectivity index (χ1n) is 5.13. The molecular weight excluding hydrogens is 275 g/mol. The molecular formula is C11H13FN2O4S. The van der Waals surface area contributed by atoms with Crippen molar-refractivity contribution < 1.29 is 22.7 Å². The molecule has 0 spiro atoms. The lowest BCUT2D eigenvalue weighted by molar-refractivity contribution is -0.131. The quantitative estimate of drug-likeness (QED) is 0.795. The van der Waals surface area contributed by atoms with Crippen LogP contribution in [0, 0.1) is 5.82 Å². The van der Waals surface area contributed by atoms with Gasteiger partial charge in [-0.15, -0.1) is 0 Å². The van der Waals surface area contributed by atoms with E-state index in [0.29, 0.717) is 0 Å². The minimum absolute atomic E-state index is 0.0265. The third-order valence-electron chi connectivity index (χ3n) is 2.13. The van der Waals surface area contributed by atoms with E-state index in [2.05, 4.69) is 4.72 Å². The highest BCUT2D eigenvalue weighted by Gasteiger charge is 2.13. The van der Waals surface area contributed by atoms with Crippen LogP contribution in [0.2, 0.25) is 0 Å². The molecule has 0 bridgehead atoms. The van der Waals surface area contributed by atoms with Crippen molar-refractivity contribution in [3.05, 3.63) is 35.7 Å². The van der Waals surface area contributed by atoms with Gasteiger partial charge in [0.05, 0.1) is 5.69 Å². The van der Waals surface area contributed by atoms with Crippen molar-refractivity contribution in [2.75, 3.05) is 18.8 Å². The lowest BCUT2D eigenvalue weighted by atomic mass is 10.2. The highest BCUT2D eigenvalue weighted by atomic mass is 32.2. The second kappa shape index (κ2) is 5.81. The number of hydrogen-bond acceptors (Lipinski definition) is 3. The Hall–Kier alpha value is -1.93. The number of carboxylic acid groups (broad SMARTS) is 1. The van der Waals surface area contributed by atoms with Crippen LogP contribution in [-0.2, 0) is 15.0 Å². The fraction of sp³-hybridized carbons (Fsp3) is 0.182. The molecule has 19 heavy (non-hydrogen) atoms. The molecule has 0 saturated heterocycles. The average Bonchev–Trinajstić information content (AvgIpc) is 2.29. The number of benzene rings is 1. The van der Waals surface area contributed by atoms with Crippen LogP contribution in [0.15, 0.2) is 24.3 Å². The zero-order valence-corrected chi connectivity index (χ0v) is 11.1. The molecule has 1 aromatic rings. The molecule has 8 heteroatoms. The van der Waals surface area contributed by atoms with Gasteiger partial charge >= 0.3 is 16.2 Å². The van der Waals surface area contributed by atoms with Crippen LogP contribution in [0.1, 0.15) is 5.56 Å². The van der Waals surface area contributed by atoms with E-state index < -0.39 is 22.0 Å². The molecule has 0 atom stereocenters. The van der Waals surface area contributed by atoms with E-state index in [4.69, 9.17) is 5.11 Å². The van der Waals surface area contributed by atoms with E-state index in [1.807, 2.05) is 0 Å². The molecule has 0 heterocycles. The second-order valence-electron chi connectivity index (χ2n) is 3.80. The predicted octanol–water partition coefficient (Wildman–Crippen LogP) is 1.14.